The van der Waals surface area contributed by atoms with Crippen LogP contribution >= 0.6 is 11.6 Å². The Morgan fingerprint density at radius 3 is 2.71 bits per heavy atom. The average Bonchev–Trinajstić information content (AvgIpc) is 2.96. The molecule has 0 amide bonds. The van der Waals surface area contributed by atoms with Crippen molar-refractivity contribution < 1.29 is 0 Å². The van der Waals surface area contributed by atoms with Gasteiger partial charge < -0.3 is 0 Å². The van der Waals surface area contributed by atoms with Crippen LogP contribution in [0.1, 0.15) is 32.9 Å². The van der Waals surface area contributed by atoms with Crippen LogP contribution in [0, 0.1) is 5.41 Å². The number of halogens is 1. The molecule has 1 aromatic heterocycles. The van der Waals surface area contributed by atoms with Crippen LogP contribution in [0.2, 0.25) is 5.02 Å². The van der Waals surface area contributed by atoms with Crippen LogP contribution in [-0.2, 0) is 6.54 Å². The van der Waals surface area contributed by atoms with E-state index in [-0.39, 0.29) is 5.41 Å². The van der Waals surface area contributed by atoms with Gasteiger partial charge in [0, 0.05) is 30.6 Å². The van der Waals surface area contributed by atoms with Crippen molar-refractivity contribution in [3.8, 4) is 0 Å². The summed E-state index contributed by atoms with van der Waals surface area (Å²) in [4.78, 5) is 7.05. The molecule has 1 aliphatic rings. The highest BCUT2D eigenvalue weighted by molar-refractivity contribution is 6.35. The van der Waals surface area contributed by atoms with Crippen LogP contribution in [0.5, 0.6) is 0 Å². The fraction of sp³-hybridized carbons (Fsp3) is 0.526. The van der Waals surface area contributed by atoms with Crippen molar-refractivity contribution in [1.29, 1.82) is 0 Å². The Bertz CT molecular complexity index is 710. The molecule has 0 saturated carbocycles. The van der Waals surface area contributed by atoms with E-state index in [1.165, 1.54) is 0 Å². The maximum atomic E-state index is 6.27. The average molecular weight is 347 g/mol. The summed E-state index contributed by atoms with van der Waals surface area (Å²) in [6.45, 7) is 8.64. The molecule has 2 heterocycles. The SMILES string of the molecule is CN(Cc1ccc2cccc(Cl)c2n1)CC1CC(C(C)(C)C)NN1. The van der Waals surface area contributed by atoms with Crippen LogP contribution in [0.3, 0.4) is 0 Å². The molecule has 24 heavy (non-hydrogen) atoms. The summed E-state index contributed by atoms with van der Waals surface area (Å²) in [5.41, 5.74) is 9.09. The highest BCUT2D eigenvalue weighted by Crippen LogP contribution is 2.26. The Hall–Kier alpha value is -1.20. The van der Waals surface area contributed by atoms with Crippen LogP contribution in [0.25, 0.3) is 10.9 Å². The van der Waals surface area contributed by atoms with Gasteiger partial charge in [-0.3, -0.25) is 15.8 Å². The lowest BCUT2D eigenvalue weighted by atomic mass is 9.84. The maximum Gasteiger partial charge on any atom is 0.0891 e. The predicted molar refractivity (Wildman–Crippen MR) is 101 cm³/mol. The van der Waals surface area contributed by atoms with Gasteiger partial charge in [0.1, 0.15) is 0 Å². The highest BCUT2D eigenvalue weighted by atomic mass is 35.5. The lowest BCUT2D eigenvalue weighted by molar-refractivity contribution is 0.277. The zero-order valence-corrected chi connectivity index (χ0v) is 15.7. The fourth-order valence-electron chi connectivity index (χ4n) is 3.27. The fourth-order valence-corrected chi connectivity index (χ4v) is 3.49. The molecule has 2 aromatic rings. The number of nitrogens with one attached hydrogen (secondary N) is 2. The molecule has 130 valence electrons. The van der Waals surface area contributed by atoms with Gasteiger partial charge in [-0.1, -0.05) is 50.6 Å². The molecular formula is C19H27ClN4. The van der Waals surface area contributed by atoms with Gasteiger partial charge in [0.2, 0.25) is 0 Å². The zero-order valence-electron chi connectivity index (χ0n) is 14.9. The number of nitrogens with zero attached hydrogens (tertiary/aromatic N) is 2. The Morgan fingerprint density at radius 1 is 1.21 bits per heavy atom. The van der Waals surface area contributed by atoms with E-state index in [1.807, 2.05) is 18.2 Å². The van der Waals surface area contributed by atoms with Crippen molar-refractivity contribution in [2.24, 2.45) is 5.41 Å². The van der Waals surface area contributed by atoms with Crippen molar-refractivity contribution in [3.05, 3.63) is 41.0 Å². The minimum absolute atomic E-state index is 0.275. The molecule has 0 spiro atoms. The molecule has 2 N–H and O–H groups in total. The molecular weight excluding hydrogens is 320 g/mol. The number of hydrogen-bond donors (Lipinski definition) is 2. The van der Waals surface area contributed by atoms with Gasteiger partial charge in [0.05, 0.1) is 16.2 Å². The molecule has 0 radical (unpaired) electrons. The first-order chi connectivity index (χ1) is 11.3. The predicted octanol–water partition coefficient (Wildman–Crippen LogP) is 3.60. The number of aromatic nitrogens is 1. The molecule has 2 atom stereocenters. The number of benzene rings is 1. The molecule has 4 nitrogen and oxygen atoms in total. The Labute approximate surface area is 149 Å². The molecule has 0 bridgehead atoms. The summed E-state index contributed by atoms with van der Waals surface area (Å²) in [6, 6.07) is 11.1. The summed E-state index contributed by atoms with van der Waals surface area (Å²) >= 11 is 6.27. The van der Waals surface area contributed by atoms with E-state index in [1.54, 1.807) is 0 Å². The number of hydrazine groups is 1. The third-order valence-corrected chi connectivity index (χ3v) is 5.02. The maximum absolute atomic E-state index is 6.27. The second kappa shape index (κ2) is 6.96. The van der Waals surface area contributed by atoms with Gasteiger partial charge >= 0.3 is 0 Å². The Kier molecular flexibility index (Phi) is 5.11. The van der Waals surface area contributed by atoms with Crippen molar-refractivity contribution in [3.63, 3.8) is 0 Å². The van der Waals surface area contributed by atoms with E-state index in [0.717, 1.165) is 36.1 Å². The number of pyridine rings is 1. The summed E-state index contributed by atoms with van der Waals surface area (Å²) in [6.07, 6.45) is 1.14. The van der Waals surface area contributed by atoms with E-state index in [2.05, 4.69) is 55.7 Å². The van der Waals surface area contributed by atoms with Gasteiger partial charge in [0.15, 0.2) is 0 Å². The van der Waals surface area contributed by atoms with E-state index in [4.69, 9.17) is 16.6 Å². The number of hydrogen-bond acceptors (Lipinski definition) is 4. The van der Waals surface area contributed by atoms with Gasteiger partial charge in [0.25, 0.3) is 0 Å². The molecule has 1 saturated heterocycles. The van der Waals surface area contributed by atoms with E-state index < -0.39 is 0 Å². The van der Waals surface area contributed by atoms with Crippen LogP contribution in [0.15, 0.2) is 30.3 Å². The minimum Gasteiger partial charge on any atom is -0.299 e. The molecule has 5 heteroatoms. The van der Waals surface area contributed by atoms with Gasteiger partial charge in [-0.05, 0) is 31.0 Å². The second-order valence-corrected chi connectivity index (χ2v) is 8.36. The molecule has 3 rings (SSSR count). The molecule has 1 aromatic carbocycles. The third-order valence-electron chi connectivity index (χ3n) is 4.72. The highest BCUT2D eigenvalue weighted by Gasteiger charge is 2.32. The van der Waals surface area contributed by atoms with E-state index in [9.17, 15) is 0 Å². The number of fused-ring (bicyclic) bond motifs is 1. The lowest BCUT2D eigenvalue weighted by Gasteiger charge is -2.26. The van der Waals surface area contributed by atoms with Crippen molar-refractivity contribution >= 4 is 22.5 Å². The molecule has 1 fully saturated rings. The largest absolute Gasteiger partial charge is 0.299 e. The third kappa shape index (κ3) is 4.06. The molecule has 0 aliphatic carbocycles. The first-order valence-electron chi connectivity index (χ1n) is 8.56. The second-order valence-electron chi connectivity index (χ2n) is 7.95. The first kappa shape index (κ1) is 17.6. The number of para-hydroxylation sites is 1. The summed E-state index contributed by atoms with van der Waals surface area (Å²) in [7, 11) is 2.14. The monoisotopic (exact) mass is 346 g/mol. The Balaban J connectivity index is 1.61. The number of likely N-dealkylation sites (N-methyl/N-ethyl adjacent to an activating group) is 1. The number of rotatable bonds is 4. The molecule has 1 aliphatic heterocycles. The quantitative estimate of drug-likeness (QED) is 0.887. The van der Waals surface area contributed by atoms with Crippen LogP contribution in [-0.4, -0.2) is 35.6 Å². The van der Waals surface area contributed by atoms with Crippen molar-refractivity contribution in [2.45, 2.75) is 45.8 Å². The standard InChI is InChI=1S/C19H27ClN4/c1-19(2,3)17-10-15(22-23-17)12-24(4)11-14-9-8-13-6-5-7-16(20)18(13)21-14/h5-9,15,17,22-23H,10-12H2,1-4H3. The zero-order chi connectivity index (χ0) is 17.3. The van der Waals surface area contributed by atoms with Crippen LogP contribution < -0.4 is 10.9 Å². The van der Waals surface area contributed by atoms with Crippen molar-refractivity contribution in [2.75, 3.05) is 13.6 Å². The van der Waals surface area contributed by atoms with Crippen LogP contribution in [0.4, 0.5) is 0 Å². The molecule has 2 unspecified atom stereocenters. The Morgan fingerprint density at radius 2 is 2.00 bits per heavy atom. The summed E-state index contributed by atoms with van der Waals surface area (Å²) in [5, 5.41) is 1.80. The first-order valence-corrected chi connectivity index (χ1v) is 8.94. The van der Waals surface area contributed by atoms with Gasteiger partial charge in [-0.2, -0.15) is 0 Å². The van der Waals surface area contributed by atoms with Gasteiger partial charge in [-0.25, -0.2) is 4.98 Å². The normalized spacial score (nSPS) is 21.8. The van der Waals surface area contributed by atoms with E-state index in [0.29, 0.717) is 17.1 Å². The topological polar surface area (TPSA) is 40.2 Å². The van der Waals surface area contributed by atoms with Crippen molar-refractivity contribution in [1.82, 2.24) is 20.7 Å². The summed E-state index contributed by atoms with van der Waals surface area (Å²) in [5.74, 6) is 0. The summed E-state index contributed by atoms with van der Waals surface area (Å²) < 4.78 is 0. The minimum atomic E-state index is 0.275. The lowest BCUT2D eigenvalue weighted by Crippen LogP contribution is -2.41. The van der Waals surface area contributed by atoms with E-state index >= 15 is 0 Å². The van der Waals surface area contributed by atoms with Gasteiger partial charge in [-0.15, -0.1) is 0 Å². The smallest absolute Gasteiger partial charge is 0.0891 e.